The van der Waals surface area contributed by atoms with Crippen molar-refractivity contribution in [2.45, 2.75) is 65.3 Å². The van der Waals surface area contributed by atoms with Gasteiger partial charge in [-0.25, -0.2) is 0 Å². The Kier molecular flexibility index (Phi) is 4.80. The minimum Gasteiger partial charge on any atom is -0.398 e. The topological polar surface area (TPSA) is 52.0 Å². The first-order valence-corrected chi connectivity index (χ1v) is 6.87. The van der Waals surface area contributed by atoms with Gasteiger partial charge in [0.05, 0.1) is 0 Å². The molecule has 1 unspecified atom stereocenters. The number of nitrogens with two attached hydrogens (primary N) is 2. The third-order valence-electron chi connectivity index (χ3n) is 3.84. The smallest absolute Gasteiger partial charge is 0.0373 e. The first-order chi connectivity index (χ1) is 8.24. The SMILES string of the molecule is Cc1cc(C(C)(C)CCCC(C)N)cc(C)c1N. The third-order valence-corrected chi connectivity index (χ3v) is 3.84. The first kappa shape index (κ1) is 15.0. The second-order valence-electron chi connectivity index (χ2n) is 6.28. The third kappa shape index (κ3) is 3.74. The summed E-state index contributed by atoms with van der Waals surface area (Å²) in [6.45, 7) is 10.9. The largest absolute Gasteiger partial charge is 0.398 e. The lowest BCUT2D eigenvalue weighted by Crippen LogP contribution is -2.20. The highest BCUT2D eigenvalue weighted by Crippen LogP contribution is 2.32. The normalized spacial score (nSPS) is 13.7. The molecular weight excluding hydrogens is 220 g/mol. The predicted molar refractivity (Wildman–Crippen MR) is 80.9 cm³/mol. The van der Waals surface area contributed by atoms with Gasteiger partial charge < -0.3 is 11.5 Å². The zero-order valence-electron chi connectivity index (χ0n) is 12.5. The Hall–Kier alpha value is -1.02. The lowest BCUT2D eigenvalue weighted by molar-refractivity contribution is 0.439. The van der Waals surface area contributed by atoms with Crippen LogP contribution in [0.5, 0.6) is 0 Å². The number of anilines is 1. The van der Waals surface area contributed by atoms with E-state index in [0.29, 0.717) is 6.04 Å². The molecule has 0 spiro atoms. The van der Waals surface area contributed by atoms with Crippen molar-refractivity contribution in [2.24, 2.45) is 5.73 Å². The molecule has 0 heterocycles. The van der Waals surface area contributed by atoms with Crippen LogP contribution in [-0.4, -0.2) is 6.04 Å². The fourth-order valence-corrected chi connectivity index (χ4v) is 2.38. The first-order valence-electron chi connectivity index (χ1n) is 6.87. The van der Waals surface area contributed by atoms with Crippen LogP contribution in [0.2, 0.25) is 0 Å². The molecular formula is C16H28N2. The molecule has 0 saturated heterocycles. The lowest BCUT2D eigenvalue weighted by Gasteiger charge is -2.27. The monoisotopic (exact) mass is 248 g/mol. The van der Waals surface area contributed by atoms with Crippen LogP contribution < -0.4 is 11.5 Å². The van der Waals surface area contributed by atoms with Gasteiger partial charge in [-0.2, -0.15) is 0 Å². The number of benzene rings is 1. The number of rotatable bonds is 5. The van der Waals surface area contributed by atoms with Gasteiger partial charge in [-0.15, -0.1) is 0 Å². The molecule has 1 aromatic carbocycles. The van der Waals surface area contributed by atoms with Gasteiger partial charge in [-0.1, -0.05) is 32.4 Å². The van der Waals surface area contributed by atoms with Gasteiger partial charge in [-0.05, 0) is 55.7 Å². The summed E-state index contributed by atoms with van der Waals surface area (Å²) in [5, 5.41) is 0. The molecule has 0 aliphatic rings. The summed E-state index contributed by atoms with van der Waals surface area (Å²) >= 11 is 0. The highest BCUT2D eigenvalue weighted by Gasteiger charge is 2.21. The zero-order valence-corrected chi connectivity index (χ0v) is 12.5. The number of aryl methyl sites for hydroxylation is 2. The summed E-state index contributed by atoms with van der Waals surface area (Å²) < 4.78 is 0. The van der Waals surface area contributed by atoms with Crippen LogP contribution in [-0.2, 0) is 5.41 Å². The van der Waals surface area contributed by atoms with Gasteiger partial charge in [0, 0.05) is 11.7 Å². The van der Waals surface area contributed by atoms with E-state index in [4.69, 9.17) is 11.5 Å². The molecule has 0 amide bonds. The number of nitrogen functional groups attached to an aromatic ring is 1. The van der Waals surface area contributed by atoms with Gasteiger partial charge in [0.2, 0.25) is 0 Å². The van der Waals surface area contributed by atoms with Crippen LogP contribution in [0.1, 0.15) is 56.7 Å². The maximum absolute atomic E-state index is 6.02. The summed E-state index contributed by atoms with van der Waals surface area (Å²) in [5.41, 5.74) is 16.7. The minimum absolute atomic E-state index is 0.193. The Morgan fingerprint density at radius 3 is 2.11 bits per heavy atom. The molecule has 0 aliphatic carbocycles. The number of hydrogen-bond acceptors (Lipinski definition) is 2. The van der Waals surface area contributed by atoms with E-state index >= 15 is 0 Å². The molecule has 102 valence electrons. The Morgan fingerprint density at radius 1 is 1.17 bits per heavy atom. The van der Waals surface area contributed by atoms with Crippen molar-refractivity contribution in [3.05, 3.63) is 28.8 Å². The van der Waals surface area contributed by atoms with E-state index in [-0.39, 0.29) is 5.41 Å². The maximum Gasteiger partial charge on any atom is 0.0373 e. The maximum atomic E-state index is 6.02. The highest BCUT2D eigenvalue weighted by molar-refractivity contribution is 5.55. The fourth-order valence-electron chi connectivity index (χ4n) is 2.38. The van der Waals surface area contributed by atoms with E-state index in [0.717, 1.165) is 18.5 Å². The second kappa shape index (κ2) is 5.75. The van der Waals surface area contributed by atoms with Crippen molar-refractivity contribution in [3.8, 4) is 0 Å². The molecule has 0 fully saturated rings. The molecule has 4 N–H and O–H groups in total. The van der Waals surface area contributed by atoms with Gasteiger partial charge in [0.15, 0.2) is 0 Å². The van der Waals surface area contributed by atoms with Crippen LogP contribution in [0.25, 0.3) is 0 Å². The van der Waals surface area contributed by atoms with E-state index in [2.05, 4.69) is 46.8 Å². The average Bonchev–Trinajstić information content (AvgIpc) is 2.24. The molecule has 0 bridgehead atoms. The van der Waals surface area contributed by atoms with Crippen LogP contribution in [0.15, 0.2) is 12.1 Å². The minimum atomic E-state index is 0.193. The zero-order chi connectivity index (χ0) is 13.9. The van der Waals surface area contributed by atoms with Gasteiger partial charge >= 0.3 is 0 Å². The van der Waals surface area contributed by atoms with Crippen LogP contribution >= 0.6 is 0 Å². The summed E-state index contributed by atoms with van der Waals surface area (Å²) in [6, 6.07) is 4.76. The summed E-state index contributed by atoms with van der Waals surface area (Å²) in [4.78, 5) is 0. The van der Waals surface area contributed by atoms with E-state index in [1.165, 1.54) is 23.1 Å². The van der Waals surface area contributed by atoms with Crippen molar-refractivity contribution >= 4 is 5.69 Å². The van der Waals surface area contributed by atoms with Gasteiger partial charge in [0.25, 0.3) is 0 Å². The molecule has 2 heteroatoms. The van der Waals surface area contributed by atoms with Crippen LogP contribution in [0.3, 0.4) is 0 Å². The molecule has 1 aromatic rings. The van der Waals surface area contributed by atoms with E-state index in [1.807, 2.05) is 0 Å². The summed E-state index contributed by atoms with van der Waals surface area (Å²) in [7, 11) is 0. The summed E-state index contributed by atoms with van der Waals surface area (Å²) in [5.74, 6) is 0. The molecule has 18 heavy (non-hydrogen) atoms. The molecule has 0 aliphatic heterocycles. The Labute approximate surface area is 112 Å². The van der Waals surface area contributed by atoms with Crippen molar-refractivity contribution in [3.63, 3.8) is 0 Å². The average molecular weight is 248 g/mol. The second-order valence-corrected chi connectivity index (χ2v) is 6.28. The number of hydrogen-bond donors (Lipinski definition) is 2. The highest BCUT2D eigenvalue weighted by atomic mass is 14.6. The lowest BCUT2D eigenvalue weighted by atomic mass is 9.78. The van der Waals surface area contributed by atoms with Crippen molar-refractivity contribution in [1.29, 1.82) is 0 Å². The molecule has 0 radical (unpaired) electrons. The predicted octanol–water partition coefficient (Wildman–Crippen LogP) is 3.68. The quantitative estimate of drug-likeness (QED) is 0.781. The standard InChI is InChI=1S/C16H28N2/c1-11-9-14(10-12(2)15(11)18)16(4,5)8-6-7-13(3)17/h9-10,13H,6-8,17-18H2,1-5H3. The van der Waals surface area contributed by atoms with Gasteiger partial charge in [0.1, 0.15) is 0 Å². The van der Waals surface area contributed by atoms with Crippen molar-refractivity contribution < 1.29 is 0 Å². The molecule has 2 nitrogen and oxygen atoms in total. The van der Waals surface area contributed by atoms with E-state index in [1.54, 1.807) is 0 Å². The Morgan fingerprint density at radius 2 is 1.67 bits per heavy atom. The Balaban J connectivity index is 2.84. The Bertz CT molecular complexity index is 383. The van der Waals surface area contributed by atoms with Crippen molar-refractivity contribution in [2.75, 3.05) is 5.73 Å². The summed E-state index contributed by atoms with van der Waals surface area (Å²) in [6.07, 6.45) is 3.43. The van der Waals surface area contributed by atoms with Gasteiger partial charge in [-0.3, -0.25) is 0 Å². The molecule has 0 aromatic heterocycles. The molecule has 1 rings (SSSR count). The fraction of sp³-hybridized carbons (Fsp3) is 0.625. The van der Waals surface area contributed by atoms with Crippen molar-refractivity contribution in [1.82, 2.24) is 0 Å². The van der Waals surface area contributed by atoms with Crippen LogP contribution in [0.4, 0.5) is 5.69 Å². The molecule has 0 saturated carbocycles. The van der Waals surface area contributed by atoms with E-state index < -0.39 is 0 Å². The van der Waals surface area contributed by atoms with E-state index in [9.17, 15) is 0 Å². The molecule has 1 atom stereocenters. The van der Waals surface area contributed by atoms with Crippen LogP contribution in [0, 0.1) is 13.8 Å².